The molecule has 3 aliphatic rings. The van der Waals surface area contributed by atoms with Crippen LogP contribution >= 0.6 is 0 Å². The van der Waals surface area contributed by atoms with Crippen LogP contribution in [0.25, 0.3) is 0 Å². The van der Waals surface area contributed by atoms with E-state index in [2.05, 4.69) is 46.2 Å². The molecule has 0 aromatic heterocycles. The van der Waals surface area contributed by atoms with E-state index in [1.807, 2.05) is 21.9 Å². The zero-order valence-electron chi connectivity index (χ0n) is 19.4. The first-order valence-electron chi connectivity index (χ1n) is 11.8. The molecule has 0 bridgehead atoms. The quantitative estimate of drug-likeness (QED) is 0.721. The molecule has 33 heavy (non-hydrogen) atoms. The summed E-state index contributed by atoms with van der Waals surface area (Å²) < 4.78 is 5.50. The number of para-hydroxylation sites is 1. The number of hydrogen-bond acceptors (Lipinski definition) is 5. The van der Waals surface area contributed by atoms with E-state index in [0.717, 1.165) is 31.8 Å². The Labute approximate surface area is 195 Å². The standard InChI is InChI=1S/C26H32N4O3/c1-19(31)27-10-12-28(13-11-27)26(32)23-16-20-8-9-22(33-2)17-24(20)30-15-14-29(18-25(23)30)21-6-4-3-5-7-21/h3-9,17,23,25H,10-16,18H2,1-2H3/t23-,25-/m0/s1. The first kappa shape index (κ1) is 21.6. The molecule has 2 fully saturated rings. The third-order valence-corrected chi connectivity index (χ3v) is 7.40. The Kier molecular flexibility index (Phi) is 5.87. The molecule has 2 aromatic carbocycles. The Morgan fingerprint density at radius 3 is 2.33 bits per heavy atom. The van der Waals surface area contributed by atoms with Crippen LogP contribution in [0.4, 0.5) is 11.4 Å². The van der Waals surface area contributed by atoms with E-state index >= 15 is 0 Å². The van der Waals surface area contributed by atoms with Gasteiger partial charge in [-0.3, -0.25) is 9.59 Å². The SMILES string of the molecule is COc1ccc2c(c1)N1CCN(c3ccccc3)C[C@H]1[C@@H](C(=O)N1CCN(C(C)=O)CC1)C2. The number of ether oxygens (including phenoxy) is 1. The molecular formula is C26H32N4O3. The monoisotopic (exact) mass is 448 g/mol. The molecule has 3 aliphatic heterocycles. The highest BCUT2D eigenvalue weighted by molar-refractivity contribution is 5.83. The van der Waals surface area contributed by atoms with Crippen molar-refractivity contribution in [3.63, 3.8) is 0 Å². The van der Waals surface area contributed by atoms with Gasteiger partial charge in [-0.2, -0.15) is 0 Å². The molecule has 174 valence electrons. The molecule has 2 amide bonds. The van der Waals surface area contributed by atoms with Crippen LogP contribution < -0.4 is 14.5 Å². The molecule has 0 spiro atoms. The maximum atomic E-state index is 13.8. The molecule has 2 aromatic rings. The number of methoxy groups -OCH3 is 1. The van der Waals surface area contributed by atoms with E-state index in [1.54, 1.807) is 14.0 Å². The van der Waals surface area contributed by atoms with Crippen molar-refractivity contribution in [2.45, 2.75) is 19.4 Å². The molecule has 0 radical (unpaired) electrons. The summed E-state index contributed by atoms with van der Waals surface area (Å²) in [5, 5.41) is 0. The lowest BCUT2D eigenvalue weighted by Gasteiger charge is -2.50. The van der Waals surface area contributed by atoms with Gasteiger partial charge < -0.3 is 24.3 Å². The second kappa shape index (κ2) is 8.96. The molecule has 3 heterocycles. The van der Waals surface area contributed by atoms with Gasteiger partial charge in [0.2, 0.25) is 11.8 Å². The number of carbonyl (C=O) groups excluding carboxylic acids is 2. The van der Waals surface area contributed by atoms with Crippen molar-refractivity contribution in [2.75, 3.05) is 62.7 Å². The lowest BCUT2D eigenvalue weighted by Crippen LogP contribution is -2.62. The molecule has 2 atom stereocenters. The first-order chi connectivity index (χ1) is 16.0. The summed E-state index contributed by atoms with van der Waals surface area (Å²) >= 11 is 0. The van der Waals surface area contributed by atoms with Gasteiger partial charge in [-0.1, -0.05) is 24.3 Å². The predicted molar refractivity (Wildman–Crippen MR) is 129 cm³/mol. The van der Waals surface area contributed by atoms with Gasteiger partial charge in [-0.05, 0) is 30.2 Å². The van der Waals surface area contributed by atoms with Gasteiger partial charge in [-0.15, -0.1) is 0 Å². The summed E-state index contributed by atoms with van der Waals surface area (Å²) in [5.74, 6) is 1.04. The highest BCUT2D eigenvalue weighted by Gasteiger charge is 2.43. The molecule has 5 rings (SSSR count). The van der Waals surface area contributed by atoms with Gasteiger partial charge in [-0.25, -0.2) is 0 Å². The minimum Gasteiger partial charge on any atom is -0.497 e. The van der Waals surface area contributed by atoms with Gasteiger partial charge >= 0.3 is 0 Å². The number of piperazine rings is 2. The minimum absolute atomic E-state index is 0.0830. The van der Waals surface area contributed by atoms with Crippen molar-refractivity contribution in [1.29, 1.82) is 0 Å². The first-order valence-corrected chi connectivity index (χ1v) is 11.8. The number of amides is 2. The zero-order chi connectivity index (χ0) is 22.9. The molecule has 7 nitrogen and oxygen atoms in total. The normalized spacial score (nSPS) is 22.5. The van der Waals surface area contributed by atoms with E-state index in [0.29, 0.717) is 26.2 Å². The van der Waals surface area contributed by atoms with Crippen LogP contribution in [-0.4, -0.2) is 80.6 Å². The number of rotatable bonds is 3. The fraction of sp³-hybridized carbons (Fsp3) is 0.462. The van der Waals surface area contributed by atoms with Crippen molar-refractivity contribution in [3.8, 4) is 5.75 Å². The summed E-state index contributed by atoms with van der Waals surface area (Å²) in [6.45, 7) is 6.64. The van der Waals surface area contributed by atoms with Crippen molar-refractivity contribution in [2.24, 2.45) is 5.92 Å². The second-order valence-corrected chi connectivity index (χ2v) is 9.18. The van der Waals surface area contributed by atoms with Crippen molar-refractivity contribution < 1.29 is 14.3 Å². The summed E-state index contributed by atoms with van der Waals surface area (Å²) in [7, 11) is 1.70. The Morgan fingerprint density at radius 2 is 1.64 bits per heavy atom. The van der Waals surface area contributed by atoms with E-state index in [-0.39, 0.29) is 23.8 Å². The van der Waals surface area contributed by atoms with Crippen LogP contribution in [0.1, 0.15) is 12.5 Å². The van der Waals surface area contributed by atoms with Crippen LogP contribution in [-0.2, 0) is 16.0 Å². The van der Waals surface area contributed by atoms with Crippen LogP contribution in [0.5, 0.6) is 5.75 Å². The van der Waals surface area contributed by atoms with Crippen LogP contribution in [0.15, 0.2) is 48.5 Å². The topological polar surface area (TPSA) is 56.3 Å². The van der Waals surface area contributed by atoms with Crippen LogP contribution in [0, 0.1) is 5.92 Å². The fourth-order valence-corrected chi connectivity index (χ4v) is 5.54. The van der Waals surface area contributed by atoms with E-state index in [1.165, 1.54) is 16.9 Å². The Bertz CT molecular complexity index is 1020. The Balaban J connectivity index is 1.43. The Morgan fingerprint density at radius 1 is 0.909 bits per heavy atom. The third kappa shape index (κ3) is 4.12. The van der Waals surface area contributed by atoms with Crippen molar-refractivity contribution in [3.05, 3.63) is 54.1 Å². The third-order valence-electron chi connectivity index (χ3n) is 7.40. The highest BCUT2D eigenvalue weighted by atomic mass is 16.5. The van der Waals surface area contributed by atoms with E-state index in [4.69, 9.17) is 4.74 Å². The van der Waals surface area contributed by atoms with Crippen molar-refractivity contribution >= 4 is 23.2 Å². The molecule has 0 unspecified atom stereocenters. The number of anilines is 2. The summed E-state index contributed by atoms with van der Waals surface area (Å²) in [4.78, 5) is 34.2. The summed E-state index contributed by atoms with van der Waals surface area (Å²) in [5.41, 5.74) is 3.60. The van der Waals surface area contributed by atoms with Gasteiger partial charge in [0.15, 0.2) is 0 Å². The molecule has 0 N–H and O–H groups in total. The van der Waals surface area contributed by atoms with E-state index < -0.39 is 0 Å². The number of hydrogen-bond donors (Lipinski definition) is 0. The number of benzene rings is 2. The number of fused-ring (bicyclic) bond motifs is 3. The molecule has 2 saturated heterocycles. The predicted octanol–water partition coefficient (Wildman–Crippen LogP) is 2.25. The maximum absolute atomic E-state index is 13.8. The van der Waals surface area contributed by atoms with Crippen molar-refractivity contribution in [1.82, 2.24) is 9.80 Å². The average Bonchev–Trinajstić information content (AvgIpc) is 2.87. The minimum atomic E-state index is -0.110. The Hall–Kier alpha value is -3.22. The molecular weight excluding hydrogens is 416 g/mol. The lowest BCUT2D eigenvalue weighted by molar-refractivity contribution is -0.142. The molecule has 0 saturated carbocycles. The largest absolute Gasteiger partial charge is 0.497 e. The van der Waals surface area contributed by atoms with Crippen LogP contribution in [0.2, 0.25) is 0 Å². The highest BCUT2D eigenvalue weighted by Crippen LogP contribution is 2.39. The lowest BCUT2D eigenvalue weighted by atomic mass is 9.82. The zero-order valence-corrected chi connectivity index (χ0v) is 19.4. The summed E-state index contributed by atoms with van der Waals surface area (Å²) in [6, 6.07) is 16.8. The number of nitrogens with zero attached hydrogens (tertiary/aromatic N) is 4. The average molecular weight is 449 g/mol. The van der Waals surface area contributed by atoms with Gasteiger partial charge in [0.25, 0.3) is 0 Å². The fourth-order valence-electron chi connectivity index (χ4n) is 5.54. The van der Waals surface area contributed by atoms with E-state index in [9.17, 15) is 9.59 Å². The van der Waals surface area contributed by atoms with Gasteiger partial charge in [0, 0.05) is 70.2 Å². The van der Waals surface area contributed by atoms with Gasteiger partial charge in [0.1, 0.15) is 5.75 Å². The summed E-state index contributed by atoms with van der Waals surface area (Å²) in [6.07, 6.45) is 0.731. The van der Waals surface area contributed by atoms with Crippen LogP contribution in [0.3, 0.4) is 0 Å². The molecule has 7 heteroatoms. The molecule has 0 aliphatic carbocycles. The van der Waals surface area contributed by atoms with Gasteiger partial charge in [0.05, 0.1) is 19.1 Å². The second-order valence-electron chi connectivity index (χ2n) is 9.18. The number of carbonyl (C=O) groups is 2. The maximum Gasteiger partial charge on any atom is 0.228 e. The smallest absolute Gasteiger partial charge is 0.228 e.